The first-order valence-corrected chi connectivity index (χ1v) is 6.39. The molecule has 0 amide bonds. The SMILES string of the molecule is COc1ccccc1C(=O)c1ccc2c(c1)oc(=O)n2C. The molecule has 5 nitrogen and oxygen atoms in total. The van der Waals surface area contributed by atoms with Crippen LogP contribution >= 0.6 is 0 Å². The van der Waals surface area contributed by atoms with Gasteiger partial charge < -0.3 is 9.15 Å². The Balaban J connectivity index is 2.11. The highest BCUT2D eigenvalue weighted by atomic mass is 16.5. The molecule has 0 N–H and O–H groups in total. The van der Waals surface area contributed by atoms with Crippen LogP contribution in [0.25, 0.3) is 11.1 Å². The van der Waals surface area contributed by atoms with Crippen LogP contribution < -0.4 is 10.5 Å². The van der Waals surface area contributed by atoms with Crippen LogP contribution in [0.4, 0.5) is 0 Å². The molecule has 0 bridgehead atoms. The summed E-state index contributed by atoms with van der Waals surface area (Å²) in [6, 6.07) is 12.0. The third-order valence-corrected chi connectivity index (χ3v) is 3.41. The van der Waals surface area contributed by atoms with E-state index < -0.39 is 5.76 Å². The zero-order valence-electron chi connectivity index (χ0n) is 11.6. The number of carbonyl (C=O) groups is 1. The summed E-state index contributed by atoms with van der Waals surface area (Å²) < 4.78 is 11.7. The fourth-order valence-corrected chi connectivity index (χ4v) is 2.26. The minimum atomic E-state index is -0.452. The molecule has 0 radical (unpaired) electrons. The number of benzene rings is 2. The Morgan fingerprint density at radius 1 is 1.19 bits per heavy atom. The molecule has 3 rings (SSSR count). The van der Waals surface area contributed by atoms with E-state index in [0.717, 1.165) is 0 Å². The number of para-hydroxylation sites is 1. The highest BCUT2D eigenvalue weighted by molar-refractivity contribution is 6.11. The number of fused-ring (bicyclic) bond motifs is 1. The van der Waals surface area contributed by atoms with Crippen LogP contribution in [0.5, 0.6) is 5.75 Å². The molecule has 1 aromatic heterocycles. The van der Waals surface area contributed by atoms with Gasteiger partial charge in [-0.25, -0.2) is 4.79 Å². The second kappa shape index (κ2) is 4.94. The molecule has 106 valence electrons. The Morgan fingerprint density at radius 2 is 1.95 bits per heavy atom. The predicted molar refractivity (Wildman–Crippen MR) is 77.9 cm³/mol. The highest BCUT2D eigenvalue weighted by Crippen LogP contribution is 2.23. The van der Waals surface area contributed by atoms with Crippen molar-refractivity contribution in [2.45, 2.75) is 0 Å². The van der Waals surface area contributed by atoms with Gasteiger partial charge in [0.15, 0.2) is 11.4 Å². The summed E-state index contributed by atoms with van der Waals surface area (Å²) in [7, 11) is 3.14. The van der Waals surface area contributed by atoms with Crippen molar-refractivity contribution < 1.29 is 13.9 Å². The van der Waals surface area contributed by atoms with E-state index in [0.29, 0.717) is 28.0 Å². The third kappa shape index (κ3) is 2.12. The van der Waals surface area contributed by atoms with Gasteiger partial charge in [0.05, 0.1) is 18.2 Å². The number of hydrogen-bond donors (Lipinski definition) is 0. The van der Waals surface area contributed by atoms with E-state index in [2.05, 4.69) is 0 Å². The fraction of sp³-hybridized carbons (Fsp3) is 0.125. The van der Waals surface area contributed by atoms with Crippen molar-refractivity contribution in [3.8, 4) is 5.75 Å². The number of aromatic nitrogens is 1. The number of ether oxygens (including phenoxy) is 1. The van der Waals surface area contributed by atoms with Crippen LogP contribution in [-0.2, 0) is 7.05 Å². The maximum Gasteiger partial charge on any atom is 0.419 e. The summed E-state index contributed by atoms with van der Waals surface area (Å²) in [5, 5.41) is 0. The van der Waals surface area contributed by atoms with Crippen molar-refractivity contribution in [1.29, 1.82) is 0 Å². The van der Waals surface area contributed by atoms with Gasteiger partial charge >= 0.3 is 5.76 Å². The molecule has 0 spiro atoms. The standard InChI is InChI=1S/C16H13NO4/c1-17-12-8-7-10(9-14(12)21-16(17)19)15(18)11-5-3-4-6-13(11)20-2/h3-9H,1-2H3. The number of oxazole rings is 1. The lowest BCUT2D eigenvalue weighted by atomic mass is 10.0. The molecular formula is C16H13NO4. The number of nitrogens with zero attached hydrogens (tertiary/aromatic N) is 1. The van der Waals surface area contributed by atoms with Crippen molar-refractivity contribution in [1.82, 2.24) is 4.57 Å². The topological polar surface area (TPSA) is 61.4 Å². The maximum atomic E-state index is 12.6. The van der Waals surface area contributed by atoms with Crippen molar-refractivity contribution in [2.75, 3.05) is 7.11 Å². The second-order valence-electron chi connectivity index (χ2n) is 4.64. The molecule has 0 saturated heterocycles. The Bertz CT molecular complexity index is 889. The first-order chi connectivity index (χ1) is 10.1. The molecule has 5 heteroatoms. The first-order valence-electron chi connectivity index (χ1n) is 6.39. The van der Waals surface area contributed by atoms with E-state index in [1.165, 1.54) is 11.7 Å². The van der Waals surface area contributed by atoms with E-state index in [9.17, 15) is 9.59 Å². The lowest BCUT2D eigenvalue weighted by Gasteiger charge is -2.07. The quantitative estimate of drug-likeness (QED) is 0.692. The molecule has 0 aliphatic heterocycles. The maximum absolute atomic E-state index is 12.6. The molecule has 2 aromatic carbocycles. The van der Waals surface area contributed by atoms with Crippen LogP contribution in [0.3, 0.4) is 0 Å². The monoisotopic (exact) mass is 283 g/mol. The average Bonchev–Trinajstić information content (AvgIpc) is 2.80. The zero-order valence-corrected chi connectivity index (χ0v) is 11.6. The van der Waals surface area contributed by atoms with Gasteiger partial charge in [-0.1, -0.05) is 12.1 Å². The van der Waals surface area contributed by atoms with Gasteiger partial charge in [-0.3, -0.25) is 9.36 Å². The van der Waals surface area contributed by atoms with Gasteiger partial charge in [-0.15, -0.1) is 0 Å². The molecular weight excluding hydrogens is 270 g/mol. The third-order valence-electron chi connectivity index (χ3n) is 3.41. The number of methoxy groups -OCH3 is 1. The molecule has 21 heavy (non-hydrogen) atoms. The number of aryl methyl sites for hydroxylation is 1. The molecule has 0 atom stereocenters. The molecule has 0 unspecified atom stereocenters. The van der Waals surface area contributed by atoms with Gasteiger partial charge in [0.2, 0.25) is 0 Å². The van der Waals surface area contributed by atoms with Crippen LogP contribution in [-0.4, -0.2) is 17.5 Å². The van der Waals surface area contributed by atoms with Crippen molar-refractivity contribution in [2.24, 2.45) is 7.05 Å². The lowest BCUT2D eigenvalue weighted by Crippen LogP contribution is -2.08. The first kappa shape index (κ1) is 13.2. The van der Waals surface area contributed by atoms with Gasteiger partial charge in [0.1, 0.15) is 5.75 Å². The fourth-order valence-electron chi connectivity index (χ4n) is 2.26. The summed E-state index contributed by atoms with van der Waals surface area (Å²) >= 11 is 0. The summed E-state index contributed by atoms with van der Waals surface area (Å²) in [6.45, 7) is 0. The van der Waals surface area contributed by atoms with Crippen LogP contribution in [0, 0.1) is 0 Å². The molecule has 0 fully saturated rings. The average molecular weight is 283 g/mol. The van der Waals surface area contributed by atoms with Crippen LogP contribution in [0.15, 0.2) is 51.7 Å². The molecule has 3 aromatic rings. The smallest absolute Gasteiger partial charge is 0.419 e. The van der Waals surface area contributed by atoms with E-state index in [1.54, 1.807) is 49.5 Å². The number of ketones is 1. The number of rotatable bonds is 3. The van der Waals surface area contributed by atoms with Gasteiger partial charge in [-0.05, 0) is 30.3 Å². The van der Waals surface area contributed by atoms with E-state index >= 15 is 0 Å². The largest absolute Gasteiger partial charge is 0.496 e. The minimum Gasteiger partial charge on any atom is -0.496 e. The van der Waals surface area contributed by atoms with Gasteiger partial charge in [0, 0.05) is 12.6 Å². The van der Waals surface area contributed by atoms with Gasteiger partial charge in [0.25, 0.3) is 0 Å². The van der Waals surface area contributed by atoms with E-state index in [4.69, 9.17) is 9.15 Å². The summed E-state index contributed by atoms with van der Waals surface area (Å²) in [5.74, 6) is -0.121. The minimum absolute atomic E-state index is 0.180. The summed E-state index contributed by atoms with van der Waals surface area (Å²) in [6.07, 6.45) is 0. The van der Waals surface area contributed by atoms with Crippen molar-refractivity contribution in [3.63, 3.8) is 0 Å². The molecule has 0 aliphatic carbocycles. The van der Waals surface area contributed by atoms with Crippen molar-refractivity contribution >= 4 is 16.9 Å². The lowest BCUT2D eigenvalue weighted by molar-refractivity contribution is 0.103. The predicted octanol–water partition coefficient (Wildman–Crippen LogP) is 2.37. The zero-order chi connectivity index (χ0) is 15.0. The normalized spacial score (nSPS) is 10.8. The summed E-state index contributed by atoms with van der Waals surface area (Å²) in [4.78, 5) is 24.0. The Labute approximate surface area is 120 Å². The Hall–Kier alpha value is -2.82. The number of hydrogen-bond acceptors (Lipinski definition) is 4. The Kier molecular flexibility index (Phi) is 3.10. The van der Waals surface area contributed by atoms with E-state index in [1.807, 2.05) is 0 Å². The number of carbonyl (C=O) groups excluding carboxylic acids is 1. The van der Waals surface area contributed by atoms with Gasteiger partial charge in [-0.2, -0.15) is 0 Å². The van der Waals surface area contributed by atoms with E-state index in [-0.39, 0.29) is 5.78 Å². The highest BCUT2D eigenvalue weighted by Gasteiger charge is 2.16. The van der Waals surface area contributed by atoms with Crippen LogP contribution in [0.2, 0.25) is 0 Å². The molecule has 0 saturated carbocycles. The molecule has 1 heterocycles. The second-order valence-corrected chi connectivity index (χ2v) is 4.64. The van der Waals surface area contributed by atoms with Crippen LogP contribution in [0.1, 0.15) is 15.9 Å². The summed E-state index contributed by atoms with van der Waals surface area (Å²) in [5.41, 5.74) is 1.96. The molecule has 0 aliphatic rings. The Morgan fingerprint density at radius 3 is 2.71 bits per heavy atom. The van der Waals surface area contributed by atoms with Crippen molar-refractivity contribution in [3.05, 3.63) is 64.1 Å².